The van der Waals surface area contributed by atoms with Crippen LogP contribution in [0.15, 0.2) is 53.5 Å². The second-order valence-electron chi connectivity index (χ2n) is 5.92. The first-order valence-corrected chi connectivity index (χ1v) is 9.17. The molecule has 3 N–H and O–H groups in total. The van der Waals surface area contributed by atoms with Crippen molar-refractivity contribution in [2.24, 2.45) is 4.99 Å². The van der Waals surface area contributed by atoms with Gasteiger partial charge in [0.2, 0.25) is 0 Å². The Morgan fingerprint density at radius 3 is 2.45 bits per heavy atom. The van der Waals surface area contributed by atoms with E-state index in [0.29, 0.717) is 29.8 Å². The first kappa shape index (κ1) is 24.9. The number of rotatable bonds is 9. The molecule has 0 fully saturated rings. The molecule has 1 unspecified atom stereocenters. The van der Waals surface area contributed by atoms with E-state index in [1.54, 1.807) is 0 Å². The molecule has 8 nitrogen and oxygen atoms in total. The highest BCUT2D eigenvalue weighted by Crippen LogP contribution is 2.17. The molecule has 1 atom stereocenters. The normalized spacial score (nSPS) is 11.9. The van der Waals surface area contributed by atoms with Crippen LogP contribution in [0, 0.1) is 10.1 Å². The maximum atomic E-state index is 10.6. The molecule has 0 heterocycles. The molecule has 0 aliphatic carbocycles. The van der Waals surface area contributed by atoms with E-state index < -0.39 is 11.0 Å². The highest BCUT2D eigenvalue weighted by Gasteiger charge is 2.09. The SMILES string of the molecule is CCNC(=NCc1ccc(Cl)cc1)NCC(O)COc1ccc([N+](=O)[O-])cc1.I. The molecule has 0 spiro atoms. The van der Waals surface area contributed by atoms with E-state index >= 15 is 0 Å². The molecule has 0 amide bonds. The maximum absolute atomic E-state index is 10.6. The van der Waals surface area contributed by atoms with Gasteiger partial charge < -0.3 is 20.5 Å². The van der Waals surface area contributed by atoms with Gasteiger partial charge in [-0.2, -0.15) is 0 Å². The summed E-state index contributed by atoms with van der Waals surface area (Å²) in [4.78, 5) is 14.6. The third kappa shape index (κ3) is 9.29. The lowest BCUT2D eigenvalue weighted by molar-refractivity contribution is -0.384. The van der Waals surface area contributed by atoms with E-state index in [9.17, 15) is 15.2 Å². The number of hydrogen-bond donors (Lipinski definition) is 3. The minimum absolute atomic E-state index is 0. The Labute approximate surface area is 191 Å². The van der Waals surface area contributed by atoms with Crippen molar-refractivity contribution in [3.8, 4) is 5.75 Å². The summed E-state index contributed by atoms with van der Waals surface area (Å²) in [6.45, 7) is 3.39. The number of guanidine groups is 1. The van der Waals surface area contributed by atoms with Gasteiger partial charge in [0.1, 0.15) is 18.5 Å². The number of nitro benzene ring substituents is 1. The molecule has 29 heavy (non-hydrogen) atoms. The first-order valence-electron chi connectivity index (χ1n) is 8.80. The Morgan fingerprint density at radius 1 is 1.21 bits per heavy atom. The Kier molecular flexibility index (Phi) is 11.3. The van der Waals surface area contributed by atoms with Crippen LogP contribution in [0.1, 0.15) is 12.5 Å². The zero-order valence-corrected chi connectivity index (χ0v) is 19.0. The number of aliphatic hydroxyl groups is 1. The zero-order chi connectivity index (χ0) is 20.4. The first-order chi connectivity index (χ1) is 13.5. The molecule has 158 valence electrons. The topological polar surface area (TPSA) is 109 Å². The van der Waals surface area contributed by atoms with Crippen LogP contribution in [-0.2, 0) is 6.54 Å². The summed E-state index contributed by atoms with van der Waals surface area (Å²) in [6, 6.07) is 13.1. The van der Waals surface area contributed by atoms with Gasteiger partial charge in [-0.3, -0.25) is 10.1 Å². The van der Waals surface area contributed by atoms with Gasteiger partial charge in [-0.25, -0.2) is 4.99 Å². The van der Waals surface area contributed by atoms with Crippen molar-refractivity contribution in [3.05, 3.63) is 69.2 Å². The molecule has 0 radical (unpaired) electrons. The molecule has 2 rings (SSSR count). The van der Waals surface area contributed by atoms with Gasteiger partial charge in [0.25, 0.3) is 5.69 Å². The number of ether oxygens (including phenoxy) is 1. The number of aliphatic hydroxyl groups excluding tert-OH is 1. The molecule has 2 aromatic rings. The van der Waals surface area contributed by atoms with Crippen molar-refractivity contribution >= 4 is 47.2 Å². The number of nitrogens with one attached hydrogen (secondary N) is 2. The highest BCUT2D eigenvalue weighted by atomic mass is 127. The van der Waals surface area contributed by atoms with E-state index in [4.69, 9.17) is 16.3 Å². The molecule has 2 aromatic carbocycles. The van der Waals surface area contributed by atoms with Gasteiger partial charge in [0.15, 0.2) is 5.96 Å². The lowest BCUT2D eigenvalue weighted by Gasteiger charge is -2.16. The second kappa shape index (κ2) is 13.2. The number of nitro groups is 1. The molecule has 0 aliphatic heterocycles. The Morgan fingerprint density at radius 2 is 1.86 bits per heavy atom. The van der Waals surface area contributed by atoms with Crippen molar-refractivity contribution in [2.45, 2.75) is 19.6 Å². The fraction of sp³-hybridized carbons (Fsp3) is 0.316. The van der Waals surface area contributed by atoms with Gasteiger partial charge in [-0.1, -0.05) is 23.7 Å². The van der Waals surface area contributed by atoms with Crippen molar-refractivity contribution in [1.29, 1.82) is 0 Å². The molecule has 10 heteroatoms. The fourth-order valence-electron chi connectivity index (χ4n) is 2.23. The van der Waals surface area contributed by atoms with Crippen molar-refractivity contribution in [3.63, 3.8) is 0 Å². The predicted octanol–water partition coefficient (Wildman–Crippen LogP) is 3.36. The Balaban J connectivity index is 0.00000420. The summed E-state index contributed by atoms with van der Waals surface area (Å²) in [5.41, 5.74) is 1.01. The number of halogens is 2. The van der Waals surface area contributed by atoms with Gasteiger partial charge in [-0.15, -0.1) is 24.0 Å². The molecule has 0 aromatic heterocycles. The minimum Gasteiger partial charge on any atom is -0.491 e. The Bertz CT molecular complexity index is 788. The lowest BCUT2D eigenvalue weighted by atomic mass is 10.2. The highest BCUT2D eigenvalue weighted by molar-refractivity contribution is 14.0. The van der Waals surface area contributed by atoms with E-state index in [0.717, 1.165) is 5.56 Å². The lowest BCUT2D eigenvalue weighted by Crippen LogP contribution is -2.42. The van der Waals surface area contributed by atoms with Gasteiger partial charge in [0.05, 0.1) is 11.5 Å². The summed E-state index contributed by atoms with van der Waals surface area (Å²) >= 11 is 5.87. The maximum Gasteiger partial charge on any atom is 0.269 e. The summed E-state index contributed by atoms with van der Waals surface area (Å²) in [6.07, 6.45) is -0.783. The summed E-state index contributed by atoms with van der Waals surface area (Å²) in [5, 5.41) is 27.6. The van der Waals surface area contributed by atoms with Crippen LogP contribution in [-0.4, -0.2) is 41.8 Å². The minimum atomic E-state index is -0.783. The monoisotopic (exact) mass is 534 g/mol. The number of benzene rings is 2. The van der Waals surface area contributed by atoms with E-state index in [-0.39, 0.29) is 42.8 Å². The average molecular weight is 535 g/mol. The van der Waals surface area contributed by atoms with Crippen molar-refractivity contribution < 1.29 is 14.8 Å². The standard InChI is InChI=1S/C19H23ClN4O4.HI/c1-2-21-19(22-11-14-3-5-15(20)6-4-14)23-12-17(25)13-28-18-9-7-16(8-10-18)24(26)27;/h3-10,17,25H,2,11-13H2,1H3,(H2,21,22,23);1H. The van der Waals surface area contributed by atoms with E-state index in [1.165, 1.54) is 24.3 Å². The van der Waals surface area contributed by atoms with Crippen LogP contribution >= 0.6 is 35.6 Å². The molecule has 0 saturated heterocycles. The number of nitrogens with zero attached hydrogens (tertiary/aromatic N) is 2. The van der Waals surface area contributed by atoms with Crippen molar-refractivity contribution in [1.82, 2.24) is 10.6 Å². The third-order valence-corrected chi connectivity index (χ3v) is 3.92. The third-order valence-electron chi connectivity index (χ3n) is 3.67. The fourth-order valence-corrected chi connectivity index (χ4v) is 2.36. The zero-order valence-electron chi connectivity index (χ0n) is 15.9. The second-order valence-corrected chi connectivity index (χ2v) is 6.35. The quantitative estimate of drug-likeness (QED) is 0.150. The van der Waals surface area contributed by atoms with E-state index in [1.807, 2.05) is 31.2 Å². The predicted molar refractivity (Wildman–Crippen MR) is 124 cm³/mol. The molecular formula is C19H24ClIN4O4. The molecular weight excluding hydrogens is 511 g/mol. The summed E-state index contributed by atoms with van der Waals surface area (Å²) < 4.78 is 5.45. The Hall–Kier alpha value is -2.11. The van der Waals surface area contributed by atoms with Crippen LogP contribution < -0.4 is 15.4 Å². The van der Waals surface area contributed by atoms with Crippen LogP contribution in [0.3, 0.4) is 0 Å². The number of aliphatic imine (C=N–C) groups is 1. The number of non-ortho nitro benzene ring substituents is 1. The van der Waals surface area contributed by atoms with E-state index in [2.05, 4.69) is 15.6 Å². The molecule has 0 bridgehead atoms. The van der Waals surface area contributed by atoms with Crippen LogP contribution in [0.2, 0.25) is 5.02 Å². The van der Waals surface area contributed by atoms with Crippen LogP contribution in [0.25, 0.3) is 0 Å². The molecule has 0 aliphatic rings. The average Bonchev–Trinajstić information content (AvgIpc) is 2.70. The smallest absolute Gasteiger partial charge is 0.269 e. The summed E-state index contributed by atoms with van der Waals surface area (Å²) in [5.74, 6) is 1.03. The molecule has 0 saturated carbocycles. The van der Waals surface area contributed by atoms with Crippen LogP contribution in [0.4, 0.5) is 5.69 Å². The van der Waals surface area contributed by atoms with Gasteiger partial charge in [0, 0.05) is 30.2 Å². The number of hydrogen-bond acceptors (Lipinski definition) is 5. The summed E-state index contributed by atoms with van der Waals surface area (Å²) in [7, 11) is 0. The van der Waals surface area contributed by atoms with Gasteiger partial charge >= 0.3 is 0 Å². The van der Waals surface area contributed by atoms with Crippen LogP contribution in [0.5, 0.6) is 5.75 Å². The van der Waals surface area contributed by atoms with Gasteiger partial charge in [-0.05, 0) is 36.8 Å². The van der Waals surface area contributed by atoms with Crippen molar-refractivity contribution in [2.75, 3.05) is 19.7 Å². The largest absolute Gasteiger partial charge is 0.491 e.